The van der Waals surface area contributed by atoms with Crippen molar-refractivity contribution in [2.75, 3.05) is 20.1 Å². The second-order valence-electron chi connectivity index (χ2n) is 5.51. The highest BCUT2D eigenvalue weighted by Gasteiger charge is 2.25. The highest BCUT2D eigenvalue weighted by atomic mass is 16.5. The topological polar surface area (TPSA) is 12.5 Å². The third-order valence-corrected chi connectivity index (χ3v) is 3.88. The van der Waals surface area contributed by atoms with Crippen molar-refractivity contribution in [3.05, 3.63) is 71.8 Å². The highest BCUT2D eigenvalue weighted by Crippen LogP contribution is 2.29. The molecule has 2 heteroatoms. The predicted octanol–water partition coefficient (Wildman–Crippen LogP) is 4.52. The Labute approximate surface area is 134 Å². The number of likely N-dealkylation sites (tertiary alicyclic amines) is 1. The Morgan fingerprint density at radius 1 is 0.909 bits per heavy atom. The Hall–Kier alpha value is -1.64. The molecule has 0 aliphatic carbocycles. The van der Waals surface area contributed by atoms with Gasteiger partial charge >= 0.3 is 0 Å². The molecule has 0 spiro atoms. The summed E-state index contributed by atoms with van der Waals surface area (Å²) in [5.74, 6) is 0. The minimum Gasteiger partial charge on any atom is -0.364 e. The zero-order valence-electron chi connectivity index (χ0n) is 13.9. The zero-order valence-corrected chi connectivity index (χ0v) is 13.9. The maximum absolute atomic E-state index is 6.41. The minimum absolute atomic E-state index is 0.0360. The number of likely N-dealkylation sites (N-methyl/N-ethyl adjacent to an activating group) is 1. The van der Waals surface area contributed by atoms with Crippen molar-refractivity contribution in [2.24, 2.45) is 0 Å². The fraction of sp³-hybridized carbons (Fsp3) is 0.400. The molecule has 1 saturated heterocycles. The molecule has 1 aliphatic heterocycles. The summed E-state index contributed by atoms with van der Waals surface area (Å²) < 4.78 is 6.41. The normalized spacial score (nSPS) is 18.1. The van der Waals surface area contributed by atoms with E-state index in [1.807, 2.05) is 13.8 Å². The average molecular weight is 297 g/mol. The van der Waals surface area contributed by atoms with Crippen LogP contribution in [0, 0.1) is 0 Å². The summed E-state index contributed by atoms with van der Waals surface area (Å²) in [6, 6.07) is 21.0. The summed E-state index contributed by atoms with van der Waals surface area (Å²) in [5.41, 5.74) is 2.46. The molecule has 0 radical (unpaired) electrons. The van der Waals surface area contributed by atoms with Gasteiger partial charge in [0, 0.05) is 13.1 Å². The molecule has 2 aromatic rings. The molecule has 2 nitrogen and oxygen atoms in total. The highest BCUT2D eigenvalue weighted by molar-refractivity contribution is 5.30. The Bertz CT molecular complexity index is 486. The van der Waals surface area contributed by atoms with E-state index in [0.29, 0.717) is 6.10 Å². The first-order valence-corrected chi connectivity index (χ1v) is 8.27. The molecule has 1 heterocycles. The van der Waals surface area contributed by atoms with Crippen molar-refractivity contribution in [1.82, 2.24) is 4.90 Å². The summed E-state index contributed by atoms with van der Waals surface area (Å²) in [7, 11) is 2.16. The van der Waals surface area contributed by atoms with E-state index in [-0.39, 0.29) is 6.10 Å². The predicted molar refractivity (Wildman–Crippen MR) is 93.1 cm³/mol. The van der Waals surface area contributed by atoms with E-state index >= 15 is 0 Å². The van der Waals surface area contributed by atoms with Gasteiger partial charge in [0.15, 0.2) is 0 Å². The van der Waals surface area contributed by atoms with Crippen LogP contribution in [0.5, 0.6) is 0 Å². The molecule has 1 atom stereocenters. The van der Waals surface area contributed by atoms with E-state index in [2.05, 4.69) is 72.6 Å². The van der Waals surface area contributed by atoms with Crippen molar-refractivity contribution in [2.45, 2.75) is 32.5 Å². The fourth-order valence-corrected chi connectivity index (χ4v) is 2.80. The SMILES string of the molecule is CC.CN1CCC(OC(c2ccccc2)c2ccccc2)C1. The van der Waals surface area contributed by atoms with Crippen LogP contribution in [-0.4, -0.2) is 31.1 Å². The van der Waals surface area contributed by atoms with E-state index in [1.54, 1.807) is 0 Å². The van der Waals surface area contributed by atoms with Crippen LogP contribution in [0.4, 0.5) is 0 Å². The molecule has 0 saturated carbocycles. The van der Waals surface area contributed by atoms with Crippen LogP contribution in [0.1, 0.15) is 37.5 Å². The lowest BCUT2D eigenvalue weighted by Gasteiger charge is -2.23. The van der Waals surface area contributed by atoms with Crippen LogP contribution >= 0.6 is 0 Å². The van der Waals surface area contributed by atoms with Crippen molar-refractivity contribution < 1.29 is 4.74 Å². The van der Waals surface area contributed by atoms with Gasteiger partial charge in [0.05, 0.1) is 6.10 Å². The van der Waals surface area contributed by atoms with Crippen LogP contribution in [0.2, 0.25) is 0 Å². The minimum atomic E-state index is 0.0360. The first-order valence-electron chi connectivity index (χ1n) is 8.27. The van der Waals surface area contributed by atoms with Crippen LogP contribution in [0.25, 0.3) is 0 Å². The largest absolute Gasteiger partial charge is 0.364 e. The van der Waals surface area contributed by atoms with Gasteiger partial charge in [-0.2, -0.15) is 0 Å². The number of rotatable bonds is 4. The molecule has 2 aromatic carbocycles. The molecule has 3 rings (SSSR count). The lowest BCUT2D eigenvalue weighted by Crippen LogP contribution is -2.21. The molecule has 1 aliphatic rings. The third kappa shape index (κ3) is 4.43. The van der Waals surface area contributed by atoms with Gasteiger partial charge in [-0.15, -0.1) is 0 Å². The summed E-state index contributed by atoms with van der Waals surface area (Å²) >= 11 is 0. The molecule has 1 unspecified atom stereocenters. The van der Waals surface area contributed by atoms with E-state index in [1.165, 1.54) is 11.1 Å². The molecule has 0 amide bonds. The Morgan fingerprint density at radius 2 is 1.41 bits per heavy atom. The molecule has 22 heavy (non-hydrogen) atoms. The summed E-state index contributed by atoms with van der Waals surface area (Å²) in [6.45, 7) is 6.15. The van der Waals surface area contributed by atoms with Crippen LogP contribution in [-0.2, 0) is 4.74 Å². The van der Waals surface area contributed by atoms with Gasteiger partial charge in [-0.1, -0.05) is 74.5 Å². The molecular weight excluding hydrogens is 270 g/mol. The first kappa shape index (κ1) is 16.7. The second kappa shape index (κ2) is 8.72. The zero-order chi connectivity index (χ0) is 15.8. The van der Waals surface area contributed by atoms with E-state index < -0.39 is 0 Å². The van der Waals surface area contributed by atoms with Gasteiger partial charge in [0.2, 0.25) is 0 Å². The van der Waals surface area contributed by atoms with E-state index in [4.69, 9.17) is 4.74 Å². The lowest BCUT2D eigenvalue weighted by molar-refractivity contribution is 0.0155. The smallest absolute Gasteiger partial charge is 0.108 e. The number of ether oxygens (including phenoxy) is 1. The van der Waals surface area contributed by atoms with Crippen LogP contribution < -0.4 is 0 Å². The summed E-state index contributed by atoms with van der Waals surface area (Å²) in [6.07, 6.45) is 1.48. The third-order valence-electron chi connectivity index (χ3n) is 3.88. The monoisotopic (exact) mass is 297 g/mol. The van der Waals surface area contributed by atoms with E-state index in [9.17, 15) is 0 Å². The van der Waals surface area contributed by atoms with Crippen molar-refractivity contribution in [1.29, 1.82) is 0 Å². The van der Waals surface area contributed by atoms with Gasteiger partial charge < -0.3 is 9.64 Å². The van der Waals surface area contributed by atoms with Crippen molar-refractivity contribution >= 4 is 0 Å². The van der Waals surface area contributed by atoms with Gasteiger partial charge in [-0.3, -0.25) is 0 Å². The van der Waals surface area contributed by atoms with Crippen molar-refractivity contribution in [3.63, 3.8) is 0 Å². The quantitative estimate of drug-likeness (QED) is 0.822. The Morgan fingerprint density at radius 3 is 1.82 bits per heavy atom. The molecule has 1 fully saturated rings. The molecule has 0 aromatic heterocycles. The number of hydrogen-bond donors (Lipinski definition) is 0. The number of nitrogens with zero attached hydrogens (tertiary/aromatic N) is 1. The number of hydrogen-bond acceptors (Lipinski definition) is 2. The first-order chi connectivity index (χ1) is 10.8. The fourth-order valence-electron chi connectivity index (χ4n) is 2.80. The average Bonchev–Trinajstić information content (AvgIpc) is 3.01. The van der Waals surface area contributed by atoms with E-state index in [0.717, 1.165) is 19.5 Å². The lowest BCUT2D eigenvalue weighted by atomic mass is 10.0. The molecule has 118 valence electrons. The van der Waals surface area contributed by atoms with Crippen LogP contribution in [0.3, 0.4) is 0 Å². The molecular formula is C20H27NO. The maximum Gasteiger partial charge on any atom is 0.108 e. The maximum atomic E-state index is 6.41. The van der Waals surface area contributed by atoms with Gasteiger partial charge in [0.1, 0.15) is 6.10 Å². The van der Waals surface area contributed by atoms with Crippen molar-refractivity contribution in [3.8, 4) is 0 Å². The second-order valence-corrected chi connectivity index (χ2v) is 5.51. The molecule has 0 bridgehead atoms. The number of benzene rings is 2. The van der Waals surface area contributed by atoms with Gasteiger partial charge in [0.25, 0.3) is 0 Å². The van der Waals surface area contributed by atoms with Gasteiger partial charge in [-0.25, -0.2) is 0 Å². The standard InChI is InChI=1S/C18H21NO.C2H6/c1-19-13-12-17(14-19)20-18(15-8-4-2-5-9-15)16-10-6-3-7-11-16;1-2/h2-11,17-18H,12-14H2,1H3;1-2H3. The Kier molecular flexibility index (Phi) is 6.63. The van der Waals surface area contributed by atoms with Gasteiger partial charge in [-0.05, 0) is 24.6 Å². The molecule has 0 N–H and O–H groups in total. The van der Waals surface area contributed by atoms with Crippen LogP contribution in [0.15, 0.2) is 60.7 Å². The Balaban J connectivity index is 0.000000847. The summed E-state index contributed by atoms with van der Waals surface area (Å²) in [5, 5.41) is 0. The summed E-state index contributed by atoms with van der Waals surface area (Å²) in [4.78, 5) is 2.33.